The second-order valence-electron chi connectivity index (χ2n) is 5.76. The van der Waals surface area contributed by atoms with Gasteiger partial charge >= 0.3 is 0 Å². The van der Waals surface area contributed by atoms with E-state index in [4.69, 9.17) is 4.74 Å². The molecular weight excluding hydrogens is 314 g/mol. The van der Waals surface area contributed by atoms with Crippen molar-refractivity contribution in [1.29, 1.82) is 0 Å². The molecule has 0 unspecified atom stereocenters. The number of nitrogens with zero attached hydrogens (tertiary/aromatic N) is 4. The fourth-order valence-electron chi connectivity index (χ4n) is 2.83. The Bertz CT molecular complexity index is 1030. The molecule has 0 atom stereocenters. The third-order valence-electron chi connectivity index (χ3n) is 3.97. The van der Waals surface area contributed by atoms with E-state index in [1.54, 1.807) is 24.3 Å². The van der Waals surface area contributed by atoms with E-state index in [0.717, 1.165) is 39.3 Å². The Balaban J connectivity index is 1.76. The number of methoxy groups -OCH3 is 1. The number of nitrogens with one attached hydrogen (secondary N) is 1. The number of rotatable bonds is 4. The van der Waals surface area contributed by atoms with Crippen molar-refractivity contribution in [3.8, 4) is 11.4 Å². The Labute approximate surface area is 145 Å². The van der Waals surface area contributed by atoms with Crippen LogP contribution in [-0.4, -0.2) is 26.9 Å². The van der Waals surface area contributed by atoms with Gasteiger partial charge in [-0.25, -0.2) is 9.67 Å². The van der Waals surface area contributed by atoms with Crippen molar-refractivity contribution in [3.63, 3.8) is 0 Å². The third-order valence-corrected chi connectivity index (χ3v) is 3.97. The minimum Gasteiger partial charge on any atom is -0.497 e. The second-order valence-corrected chi connectivity index (χ2v) is 5.76. The Hall–Kier alpha value is -3.41. The molecule has 6 heteroatoms. The molecular formula is C19H17N5O. The number of aromatic nitrogens is 4. The number of hydrogen-bond donors (Lipinski definition) is 1. The third kappa shape index (κ3) is 3.01. The maximum atomic E-state index is 5.34. The first-order valence-electron chi connectivity index (χ1n) is 7.89. The number of pyridine rings is 1. The van der Waals surface area contributed by atoms with Crippen LogP contribution in [0, 0.1) is 6.92 Å². The minimum atomic E-state index is 0.802. The van der Waals surface area contributed by atoms with E-state index >= 15 is 0 Å². The summed E-state index contributed by atoms with van der Waals surface area (Å²) in [7, 11) is 1.66. The van der Waals surface area contributed by atoms with E-state index in [1.165, 1.54) is 6.33 Å². The van der Waals surface area contributed by atoms with E-state index < -0.39 is 0 Å². The highest BCUT2D eigenvalue weighted by Gasteiger charge is 2.06. The van der Waals surface area contributed by atoms with Gasteiger partial charge in [-0.05, 0) is 55.0 Å². The van der Waals surface area contributed by atoms with Gasteiger partial charge in [0.25, 0.3) is 0 Å². The van der Waals surface area contributed by atoms with Crippen LogP contribution in [0.1, 0.15) is 5.56 Å². The summed E-state index contributed by atoms with van der Waals surface area (Å²) in [6.07, 6.45) is 5.01. The van der Waals surface area contributed by atoms with Gasteiger partial charge in [0, 0.05) is 23.0 Å². The van der Waals surface area contributed by atoms with Crippen LogP contribution in [0.3, 0.4) is 0 Å². The van der Waals surface area contributed by atoms with Crippen molar-refractivity contribution in [2.75, 3.05) is 12.4 Å². The molecule has 0 aliphatic heterocycles. The van der Waals surface area contributed by atoms with Crippen molar-refractivity contribution >= 4 is 22.3 Å². The maximum Gasteiger partial charge on any atom is 0.138 e. The molecule has 2 heterocycles. The number of fused-ring (bicyclic) bond motifs is 1. The largest absolute Gasteiger partial charge is 0.497 e. The van der Waals surface area contributed by atoms with Crippen LogP contribution in [0.4, 0.5) is 11.4 Å². The Kier molecular flexibility index (Phi) is 3.78. The van der Waals surface area contributed by atoms with Gasteiger partial charge in [0.05, 0.1) is 18.3 Å². The lowest BCUT2D eigenvalue weighted by atomic mass is 10.1. The first kappa shape index (κ1) is 15.1. The molecule has 1 N–H and O–H groups in total. The number of anilines is 2. The van der Waals surface area contributed by atoms with Crippen molar-refractivity contribution in [2.45, 2.75) is 6.92 Å². The van der Waals surface area contributed by atoms with Crippen molar-refractivity contribution < 1.29 is 4.74 Å². The molecule has 0 radical (unpaired) electrons. The summed E-state index contributed by atoms with van der Waals surface area (Å²) in [6.45, 7) is 2.05. The molecule has 4 rings (SSSR count). The second kappa shape index (κ2) is 6.24. The van der Waals surface area contributed by atoms with Gasteiger partial charge in [-0.15, -0.1) is 0 Å². The van der Waals surface area contributed by atoms with Gasteiger partial charge in [-0.1, -0.05) is 0 Å². The predicted molar refractivity (Wildman–Crippen MR) is 97.7 cm³/mol. The standard InChI is InChI=1S/C19H17N5O/c1-13-7-14(9-15(8-13)24-12-20-11-22-24)23-19-5-6-21-18-4-3-16(25-2)10-17(18)19/h3-12H,1-2H3,(H,21,23). The molecule has 25 heavy (non-hydrogen) atoms. The number of hydrogen-bond acceptors (Lipinski definition) is 5. The summed E-state index contributed by atoms with van der Waals surface area (Å²) in [5, 5.41) is 8.69. The van der Waals surface area contributed by atoms with Crippen LogP contribution < -0.4 is 10.1 Å². The normalized spacial score (nSPS) is 10.8. The van der Waals surface area contributed by atoms with Crippen LogP contribution in [0.2, 0.25) is 0 Å². The summed E-state index contributed by atoms with van der Waals surface area (Å²) < 4.78 is 7.08. The van der Waals surface area contributed by atoms with Gasteiger partial charge < -0.3 is 10.1 Å². The fourth-order valence-corrected chi connectivity index (χ4v) is 2.83. The quantitative estimate of drug-likeness (QED) is 0.615. The summed E-state index contributed by atoms with van der Waals surface area (Å²) in [5.41, 5.74) is 4.94. The van der Waals surface area contributed by atoms with E-state index in [-0.39, 0.29) is 0 Å². The zero-order chi connectivity index (χ0) is 17.2. The topological polar surface area (TPSA) is 64.9 Å². The summed E-state index contributed by atoms with van der Waals surface area (Å²) in [4.78, 5) is 8.43. The van der Waals surface area contributed by atoms with Crippen molar-refractivity contribution in [1.82, 2.24) is 19.7 Å². The van der Waals surface area contributed by atoms with Gasteiger partial charge in [0.1, 0.15) is 18.4 Å². The Morgan fingerprint density at radius 1 is 1.08 bits per heavy atom. The van der Waals surface area contributed by atoms with Crippen LogP contribution >= 0.6 is 0 Å². The van der Waals surface area contributed by atoms with E-state index in [0.29, 0.717) is 0 Å². The fraction of sp³-hybridized carbons (Fsp3) is 0.105. The highest BCUT2D eigenvalue weighted by atomic mass is 16.5. The maximum absolute atomic E-state index is 5.34. The van der Waals surface area contributed by atoms with Crippen LogP contribution in [0.5, 0.6) is 5.75 Å². The zero-order valence-corrected chi connectivity index (χ0v) is 14.0. The van der Waals surface area contributed by atoms with Crippen molar-refractivity contribution in [3.05, 3.63) is 66.9 Å². The summed E-state index contributed by atoms with van der Waals surface area (Å²) in [6, 6.07) is 14.0. The first-order chi connectivity index (χ1) is 12.2. The molecule has 2 aromatic carbocycles. The van der Waals surface area contributed by atoms with Gasteiger partial charge in [0.15, 0.2) is 0 Å². The first-order valence-corrected chi connectivity index (χ1v) is 7.89. The summed E-state index contributed by atoms with van der Waals surface area (Å²) >= 11 is 0. The molecule has 0 saturated carbocycles. The van der Waals surface area contributed by atoms with Gasteiger partial charge in [0.2, 0.25) is 0 Å². The molecule has 4 aromatic rings. The molecule has 0 saturated heterocycles. The van der Waals surface area contributed by atoms with E-state index in [1.807, 2.05) is 30.3 Å². The lowest BCUT2D eigenvalue weighted by Gasteiger charge is -2.12. The van der Waals surface area contributed by atoms with Crippen molar-refractivity contribution in [2.24, 2.45) is 0 Å². The molecule has 0 amide bonds. The number of aryl methyl sites for hydroxylation is 1. The molecule has 6 nitrogen and oxygen atoms in total. The molecule has 0 bridgehead atoms. The van der Waals surface area contributed by atoms with Crippen LogP contribution in [-0.2, 0) is 0 Å². The van der Waals surface area contributed by atoms with Crippen LogP contribution in [0.15, 0.2) is 61.3 Å². The monoisotopic (exact) mass is 331 g/mol. The average molecular weight is 331 g/mol. The Morgan fingerprint density at radius 2 is 2.00 bits per heavy atom. The molecule has 0 aliphatic carbocycles. The molecule has 0 spiro atoms. The summed E-state index contributed by atoms with van der Waals surface area (Å²) in [5.74, 6) is 0.802. The molecule has 124 valence electrons. The van der Waals surface area contributed by atoms with Gasteiger partial charge in [-0.3, -0.25) is 4.98 Å². The lowest BCUT2D eigenvalue weighted by molar-refractivity contribution is 0.415. The SMILES string of the molecule is COc1ccc2nccc(Nc3cc(C)cc(-n4cncn4)c3)c2c1. The highest BCUT2D eigenvalue weighted by Crippen LogP contribution is 2.29. The number of benzene rings is 2. The van der Waals surface area contributed by atoms with Gasteiger partial charge in [-0.2, -0.15) is 5.10 Å². The average Bonchev–Trinajstić information content (AvgIpc) is 3.16. The van der Waals surface area contributed by atoms with E-state index in [2.05, 4.69) is 39.4 Å². The smallest absolute Gasteiger partial charge is 0.138 e. The Morgan fingerprint density at radius 3 is 2.80 bits per heavy atom. The lowest BCUT2D eigenvalue weighted by Crippen LogP contribution is -1.98. The van der Waals surface area contributed by atoms with E-state index in [9.17, 15) is 0 Å². The molecule has 2 aromatic heterocycles. The number of ether oxygens (including phenoxy) is 1. The minimum absolute atomic E-state index is 0.802. The van der Waals surface area contributed by atoms with Crippen LogP contribution in [0.25, 0.3) is 16.6 Å². The highest BCUT2D eigenvalue weighted by molar-refractivity contribution is 5.93. The molecule has 0 aliphatic rings. The molecule has 0 fully saturated rings. The zero-order valence-electron chi connectivity index (χ0n) is 14.0. The predicted octanol–water partition coefficient (Wildman–Crippen LogP) is 3.88.